The fourth-order valence-electron chi connectivity index (χ4n) is 2.99. The summed E-state index contributed by atoms with van der Waals surface area (Å²) in [7, 11) is 2.06. The van der Waals surface area contributed by atoms with Crippen LogP contribution in [0.1, 0.15) is 52.9 Å². The first-order valence-electron chi connectivity index (χ1n) is 7.11. The van der Waals surface area contributed by atoms with Crippen molar-refractivity contribution in [2.75, 3.05) is 20.1 Å². The SMILES string of the molecule is CCC1CCCCCN1C(C)C(C)CNC. The summed E-state index contributed by atoms with van der Waals surface area (Å²) >= 11 is 0. The lowest BCUT2D eigenvalue weighted by atomic mass is 9.98. The standard InChI is InChI=1S/C14H30N2/c1-5-14-9-7-6-8-10-16(14)13(3)12(2)11-15-4/h12-15H,5-11H2,1-4H3. The van der Waals surface area contributed by atoms with Crippen LogP contribution in [-0.2, 0) is 0 Å². The van der Waals surface area contributed by atoms with Gasteiger partial charge in [0.05, 0.1) is 0 Å². The number of nitrogens with zero attached hydrogens (tertiary/aromatic N) is 1. The summed E-state index contributed by atoms with van der Waals surface area (Å²) in [5.74, 6) is 0.747. The van der Waals surface area contributed by atoms with E-state index in [0.29, 0.717) is 0 Å². The molecule has 1 rings (SSSR count). The first kappa shape index (κ1) is 14.0. The minimum absolute atomic E-state index is 0.718. The van der Waals surface area contributed by atoms with E-state index in [2.05, 4.69) is 38.0 Å². The molecule has 1 N–H and O–H groups in total. The van der Waals surface area contributed by atoms with E-state index in [1.54, 1.807) is 0 Å². The van der Waals surface area contributed by atoms with Gasteiger partial charge >= 0.3 is 0 Å². The Balaban J connectivity index is 2.58. The van der Waals surface area contributed by atoms with Gasteiger partial charge in [0, 0.05) is 12.1 Å². The predicted molar refractivity (Wildman–Crippen MR) is 71.8 cm³/mol. The predicted octanol–water partition coefficient (Wildman–Crippen LogP) is 2.89. The lowest BCUT2D eigenvalue weighted by Gasteiger charge is -2.38. The van der Waals surface area contributed by atoms with E-state index in [9.17, 15) is 0 Å². The van der Waals surface area contributed by atoms with Gasteiger partial charge in [-0.1, -0.05) is 26.7 Å². The maximum absolute atomic E-state index is 3.31. The van der Waals surface area contributed by atoms with Gasteiger partial charge in [-0.05, 0) is 52.2 Å². The van der Waals surface area contributed by atoms with Gasteiger partial charge in [0.1, 0.15) is 0 Å². The van der Waals surface area contributed by atoms with Crippen LogP contribution in [0.5, 0.6) is 0 Å². The third kappa shape index (κ3) is 3.74. The second-order valence-electron chi connectivity index (χ2n) is 5.42. The van der Waals surface area contributed by atoms with Crippen molar-refractivity contribution in [3.63, 3.8) is 0 Å². The molecule has 1 saturated heterocycles. The lowest BCUT2D eigenvalue weighted by Crippen LogP contribution is -2.46. The number of rotatable bonds is 5. The average molecular weight is 226 g/mol. The molecule has 0 spiro atoms. The van der Waals surface area contributed by atoms with Crippen LogP contribution in [0.15, 0.2) is 0 Å². The molecule has 16 heavy (non-hydrogen) atoms. The van der Waals surface area contributed by atoms with Crippen LogP contribution < -0.4 is 5.32 Å². The molecular weight excluding hydrogens is 196 g/mol. The van der Waals surface area contributed by atoms with E-state index in [1.165, 1.54) is 38.6 Å². The lowest BCUT2D eigenvalue weighted by molar-refractivity contribution is 0.107. The van der Waals surface area contributed by atoms with Gasteiger partial charge in [-0.3, -0.25) is 4.90 Å². The molecule has 1 heterocycles. The smallest absolute Gasteiger partial charge is 0.0108 e. The van der Waals surface area contributed by atoms with Gasteiger partial charge in [-0.2, -0.15) is 0 Å². The molecule has 0 bridgehead atoms. The van der Waals surface area contributed by atoms with Gasteiger partial charge in [0.25, 0.3) is 0 Å². The van der Waals surface area contributed by atoms with Crippen molar-refractivity contribution in [3.05, 3.63) is 0 Å². The molecule has 0 saturated carbocycles. The maximum atomic E-state index is 3.31. The summed E-state index contributed by atoms with van der Waals surface area (Å²) in [6.45, 7) is 9.58. The Hall–Kier alpha value is -0.0800. The summed E-state index contributed by atoms with van der Waals surface area (Å²) < 4.78 is 0. The minimum Gasteiger partial charge on any atom is -0.319 e. The van der Waals surface area contributed by atoms with E-state index in [4.69, 9.17) is 0 Å². The largest absolute Gasteiger partial charge is 0.319 e. The van der Waals surface area contributed by atoms with Crippen molar-refractivity contribution in [2.45, 2.75) is 65.0 Å². The molecular formula is C14H30N2. The molecule has 2 heteroatoms. The van der Waals surface area contributed by atoms with Crippen LogP contribution in [0.4, 0.5) is 0 Å². The van der Waals surface area contributed by atoms with Crippen molar-refractivity contribution in [3.8, 4) is 0 Å². The van der Waals surface area contributed by atoms with Crippen molar-refractivity contribution < 1.29 is 0 Å². The van der Waals surface area contributed by atoms with Crippen LogP contribution in [0.3, 0.4) is 0 Å². The fraction of sp³-hybridized carbons (Fsp3) is 1.00. The molecule has 1 aliphatic rings. The number of nitrogens with one attached hydrogen (secondary N) is 1. The van der Waals surface area contributed by atoms with E-state index in [-0.39, 0.29) is 0 Å². The van der Waals surface area contributed by atoms with E-state index in [1.807, 2.05) is 0 Å². The monoisotopic (exact) mass is 226 g/mol. The Labute approximate surface area is 102 Å². The molecule has 1 aliphatic heterocycles. The first-order valence-corrected chi connectivity index (χ1v) is 7.11. The normalized spacial score (nSPS) is 27.4. The highest BCUT2D eigenvalue weighted by molar-refractivity contribution is 4.82. The van der Waals surface area contributed by atoms with Gasteiger partial charge in [-0.25, -0.2) is 0 Å². The van der Waals surface area contributed by atoms with Crippen LogP contribution in [0.2, 0.25) is 0 Å². The Bertz CT molecular complexity index is 182. The number of hydrogen-bond donors (Lipinski definition) is 1. The summed E-state index contributed by atoms with van der Waals surface area (Å²) in [6, 6.07) is 1.55. The topological polar surface area (TPSA) is 15.3 Å². The molecule has 0 aromatic carbocycles. The molecule has 0 aliphatic carbocycles. The Morgan fingerprint density at radius 3 is 2.62 bits per heavy atom. The third-order valence-corrected chi connectivity index (χ3v) is 4.27. The van der Waals surface area contributed by atoms with Crippen molar-refractivity contribution in [2.24, 2.45) is 5.92 Å². The molecule has 0 amide bonds. The highest BCUT2D eigenvalue weighted by atomic mass is 15.2. The zero-order valence-corrected chi connectivity index (χ0v) is 11.6. The summed E-state index contributed by atoms with van der Waals surface area (Å²) in [6.07, 6.45) is 6.99. The number of hydrogen-bond acceptors (Lipinski definition) is 2. The molecule has 0 aromatic rings. The fourth-order valence-corrected chi connectivity index (χ4v) is 2.99. The van der Waals surface area contributed by atoms with Crippen LogP contribution >= 0.6 is 0 Å². The average Bonchev–Trinajstić information content (AvgIpc) is 2.53. The second kappa shape index (κ2) is 7.29. The van der Waals surface area contributed by atoms with E-state index in [0.717, 1.165) is 24.5 Å². The number of likely N-dealkylation sites (tertiary alicyclic amines) is 1. The zero-order chi connectivity index (χ0) is 12.0. The highest BCUT2D eigenvalue weighted by Crippen LogP contribution is 2.24. The summed E-state index contributed by atoms with van der Waals surface area (Å²) in [5.41, 5.74) is 0. The van der Waals surface area contributed by atoms with E-state index >= 15 is 0 Å². The Morgan fingerprint density at radius 1 is 1.25 bits per heavy atom. The summed E-state index contributed by atoms with van der Waals surface area (Å²) in [4.78, 5) is 2.77. The quantitative estimate of drug-likeness (QED) is 0.775. The molecule has 3 atom stereocenters. The van der Waals surface area contributed by atoms with Crippen LogP contribution in [-0.4, -0.2) is 37.1 Å². The maximum Gasteiger partial charge on any atom is 0.0108 e. The zero-order valence-electron chi connectivity index (χ0n) is 11.6. The van der Waals surface area contributed by atoms with Crippen molar-refractivity contribution in [1.82, 2.24) is 10.2 Å². The second-order valence-corrected chi connectivity index (χ2v) is 5.42. The molecule has 1 fully saturated rings. The molecule has 3 unspecified atom stereocenters. The van der Waals surface area contributed by atoms with Gasteiger partial charge in [0.15, 0.2) is 0 Å². The molecule has 0 aromatic heterocycles. The molecule has 2 nitrogen and oxygen atoms in total. The van der Waals surface area contributed by atoms with Crippen molar-refractivity contribution in [1.29, 1.82) is 0 Å². The van der Waals surface area contributed by atoms with Gasteiger partial charge in [-0.15, -0.1) is 0 Å². The third-order valence-electron chi connectivity index (χ3n) is 4.27. The minimum atomic E-state index is 0.718. The summed E-state index contributed by atoms with van der Waals surface area (Å²) in [5, 5.41) is 3.31. The van der Waals surface area contributed by atoms with E-state index < -0.39 is 0 Å². The van der Waals surface area contributed by atoms with Gasteiger partial charge in [0.2, 0.25) is 0 Å². The van der Waals surface area contributed by atoms with Gasteiger partial charge < -0.3 is 5.32 Å². The highest BCUT2D eigenvalue weighted by Gasteiger charge is 2.26. The molecule has 96 valence electrons. The van der Waals surface area contributed by atoms with Crippen molar-refractivity contribution >= 4 is 0 Å². The first-order chi connectivity index (χ1) is 7.70. The van der Waals surface area contributed by atoms with Crippen LogP contribution in [0.25, 0.3) is 0 Å². The Morgan fingerprint density at radius 2 is 2.00 bits per heavy atom. The Kier molecular flexibility index (Phi) is 6.37. The molecule has 0 radical (unpaired) electrons. The van der Waals surface area contributed by atoms with Crippen LogP contribution in [0, 0.1) is 5.92 Å².